The summed E-state index contributed by atoms with van der Waals surface area (Å²) in [7, 11) is 0. The molecule has 0 unspecified atom stereocenters. The molecule has 36 heavy (non-hydrogen) atoms. The maximum atomic E-state index is 13.5. The Labute approximate surface area is 213 Å². The van der Waals surface area contributed by atoms with Gasteiger partial charge in [-0.2, -0.15) is 5.21 Å². The van der Waals surface area contributed by atoms with Crippen molar-refractivity contribution >= 4 is 11.8 Å². The first-order valence-electron chi connectivity index (χ1n) is 13.0. The number of rotatable bonds is 10. The molecule has 2 amide bonds. The van der Waals surface area contributed by atoms with Gasteiger partial charge in [0.05, 0.1) is 0 Å². The lowest BCUT2D eigenvalue weighted by molar-refractivity contribution is -0.148. The maximum absolute atomic E-state index is 13.5. The smallest absolute Gasteiger partial charge is 0.245 e. The molecule has 1 aliphatic heterocycles. The molecule has 1 N–H and O–H groups in total. The second-order valence-electron chi connectivity index (χ2n) is 9.82. The molecule has 1 fully saturated rings. The van der Waals surface area contributed by atoms with Crippen LogP contribution in [0, 0.1) is 5.92 Å². The summed E-state index contributed by atoms with van der Waals surface area (Å²) in [5.41, 5.74) is 3.93. The highest BCUT2D eigenvalue weighted by Crippen LogP contribution is 2.30. The number of amides is 2. The summed E-state index contributed by atoms with van der Waals surface area (Å²) in [5.74, 6) is 0.708. The molecule has 1 saturated heterocycles. The quantitative estimate of drug-likeness (QED) is 0.446. The summed E-state index contributed by atoms with van der Waals surface area (Å²) in [6.07, 6.45) is 4.30. The summed E-state index contributed by atoms with van der Waals surface area (Å²) < 4.78 is 0. The molecule has 8 heteroatoms. The number of nitrogens with one attached hydrogen (secondary N) is 1. The summed E-state index contributed by atoms with van der Waals surface area (Å²) >= 11 is 0. The lowest BCUT2D eigenvalue weighted by Crippen LogP contribution is -2.52. The van der Waals surface area contributed by atoms with Crippen molar-refractivity contribution in [3.8, 4) is 22.5 Å². The van der Waals surface area contributed by atoms with Gasteiger partial charge in [-0.25, -0.2) is 0 Å². The molecule has 0 bridgehead atoms. The number of benzene rings is 2. The Balaban J connectivity index is 1.60. The summed E-state index contributed by atoms with van der Waals surface area (Å²) in [6, 6.07) is 15.7. The lowest BCUT2D eigenvalue weighted by atomic mass is 9.97. The zero-order valence-electron chi connectivity index (χ0n) is 21.5. The van der Waals surface area contributed by atoms with Crippen LogP contribution in [0.1, 0.15) is 58.4 Å². The van der Waals surface area contributed by atoms with Crippen LogP contribution in [0.2, 0.25) is 0 Å². The number of likely N-dealkylation sites (tertiary alicyclic amines) is 1. The Hall–Kier alpha value is -3.55. The van der Waals surface area contributed by atoms with E-state index in [9.17, 15) is 9.59 Å². The monoisotopic (exact) mass is 488 g/mol. The highest BCUT2D eigenvalue weighted by atomic mass is 16.2. The van der Waals surface area contributed by atoms with Gasteiger partial charge in [-0.3, -0.25) is 9.59 Å². The Morgan fingerprint density at radius 3 is 2.33 bits per heavy atom. The second kappa shape index (κ2) is 11.9. The van der Waals surface area contributed by atoms with Gasteiger partial charge in [0.2, 0.25) is 17.6 Å². The lowest BCUT2D eigenvalue weighted by Gasteiger charge is -2.36. The van der Waals surface area contributed by atoms with Gasteiger partial charge in [0, 0.05) is 31.6 Å². The minimum Gasteiger partial charge on any atom is -0.341 e. The predicted octanol–water partition coefficient (Wildman–Crippen LogP) is 4.70. The van der Waals surface area contributed by atoms with Gasteiger partial charge < -0.3 is 9.80 Å². The van der Waals surface area contributed by atoms with Crippen LogP contribution in [0.5, 0.6) is 0 Å². The summed E-state index contributed by atoms with van der Waals surface area (Å²) in [4.78, 5) is 30.6. The van der Waals surface area contributed by atoms with Gasteiger partial charge in [-0.05, 0) is 47.1 Å². The van der Waals surface area contributed by atoms with Crippen molar-refractivity contribution in [1.82, 2.24) is 30.4 Å². The standard InChI is InChI=1S/C28H36N6O2/c1-4-5-12-25(35)34(26(20(2)3)28(36)33-17-8-9-18-33)19-21-13-15-22(16-14-21)23-10-6-7-11-24(23)27-29-31-32-30-27/h6-7,10-11,13-16,20,26H,4-5,8-9,12,17-19H2,1-3H3,(H,29,30,31,32)/t26-/m0/s1. The highest BCUT2D eigenvalue weighted by molar-refractivity contribution is 5.88. The molecule has 0 radical (unpaired) electrons. The molecule has 190 valence electrons. The van der Waals surface area contributed by atoms with Crippen LogP contribution in [-0.4, -0.2) is 61.4 Å². The van der Waals surface area contributed by atoms with Crippen molar-refractivity contribution in [2.45, 2.75) is 65.5 Å². The van der Waals surface area contributed by atoms with Crippen LogP contribution in [-0.2, 0) is 16.1 Å². The first kappa shape index (κ1) is 25.5. The molecule has 0 saturated carbocycles. The molecule has 1 aliphatic rings. The second-order valence-corrected chi connectivity index (χ2v) is 9.82. The molecule has 1 atom stereocenters. The van der Waals surface area contributed by atoms with E-state index >= 15 is 0 Å². The number of aromatic amines is 1. The molecular formula is C28H36N6O2. The predicted molar refractivity (Wildman–Crippen MR) is 140 cm³/mol. The van der Waals surface area contributed by atoms with E-state index in [0.717, 1.165) is 61.0 Å². The number of carbonyl (C=O) groups is 2. The van der Waals surface area contributed by atoms with Crippen molar-refractivity contribution in [3.05, 3.63) is 54.1 Å². The first-order chi connectivity index (χ1) is 17.5. The first-order valence-corrected chi connectivity index (χ1v) is 13.0. The van der Waals surface area contributed by atoms with Gasteiger partial charge in [0.25, 0.3) is 0 Å². The fourth-order valence-electron chi connectivity index (χ4n) is 4.91. The van der Waals surface area contributed by atoms with Crippen molar-refractivity contribution in [2.75, 3.05) is 13.1 Å². The SMILES string of the molecule is CCCCC(=O)N(Cc1ccc(-c2ccccc2-c2nn[nH]n2)cc1)[C@H](C(=O)N1CCCC1)C(C)C. The van der Waals surface area contributed by atoms with Crippen molar-refractivity contribution in [3.63, 3.8) is 0 Å². The van der Waals surface area contributed by atoms with E-state index in [1.165, 1.54) is 0 Å². The Kier molecular flexibility index (Phi) is 8.46. The van der Waals surface area contributed by atoms with Crippen molar-refractivity contribution < 1.29 is 9.59 Å². The summed E-state index contributed by atoms with van der Waals surface area (Å²) in [6.45, 7) is 8.14. The van der Waals surface area contributed by atoms with Crippen molar-refractivity contribution in [2.24, 2.45) is 5.92 Å². The number of hydrogen-bond donors (Lipinski definition) is 1. The number of aromatic nitrogens is 4. The number of nitrogens with zero attached hydrogens (tertiary/aromatic N) is 5. The maximum Gasteiger partial charge on any atom is 0.245 e. The number of carbonyl (C=O) groups excluding carboxylic acids is 2. The normalized spacial score (nSPS) is 14.3. The molecular weight excluding hydrogens is 452 g/mol. The van der Waals surface area contributed by atoms with Crippen LogP contribution in [0.15, 0.2) is 48.5 Å². The van der Waals surface area contributed by atoms with Crippen LogP contribution < -0.4 is 0 Å². The van der Waals surface area contributed by atoms with E-state index in [-0.39, 0.29) is 17.7 Å². The third-order valence-electron chi connectivity index (χ3n) is 6.83. The fourth-order valence-corrected chi connectivity index (χ4v) is 4.91. The molecule has 0 aliphatic carbocycles. The minimum atomic E-state index is -0.453. The van der Waals surface area contributed by atoms with E-state index < -0.39 is 6.04 Å². The topological polar surface area (TPSA) is 95.1 Å². The third kappa shape index (κ3) is 5.80. The molecule has 8 nitrogen and oxygen atoms in total. The van der Waals surface area contributed by atoms with Crippen LogP contribution in [0.3, 0.4) is 0 Å². The van der Waals surface area contributed by atoms with Gasteiger partial charge >= 0.3 is 0 Å². The van der Waals surface area contributed by atoms with Crippen molar-refractivity contribution in [1.29, 1.82) is 0 Å². The largest absolute Gasteiger partial charge is 0.341 e. The molecule has 1 aromatic heterocycles. The average Bonchev–Trinajstić information content (AvgIpc) is 3.62. The molecule has 2 aromatic carbocycles. The number of hydrogen-bond acceptors (Lipinski definition) is 5. The van der Waals surface area contributed by atoms with Gasteiger partial charge in [0.1, 0.15) is 6.04 Å². The van der Waals surface area contributed by atoms with E-state index in [4.69, 9.17) is 0 Å². The number of tetrazole rings is 1. The van der Waals surface area contributed by atoms with Crippen LogP contribution in [0.4, 0.5) is 0 Å². The Morgan fingerprint density at radius 2 is 1.72 bits per heavy atom. The Bertz CT molecular complexity index is 1140. The molecule has 2 heterocycles. The Morgan fingerprint density at radius 1 is 1.03 bits per heavy atom. The summed E-state index contributed by atoms with van der Waals surface area (Å²) in [5, 5.41) is 14.5. The van der Waals surface area contributed by atoms with Crippen LogP contribution >= 0.6 is 0 Å². The molecule has 3 aromatic rings. The van der Waals surface area contributed by atoms with E-state index in [0.29, 0.717) is 18.8 Å². The van der Waals surface area contributed by atoms with Gasteiger partial charge in [0.15, 0.2) is 0 Å². The minimum absolute atomic E-state index is 0.0322. The van der Waals surface area contributed by atoms with E-state index in [1.54, 1.807) is 0 Å². The molecule has 4 rings (SSSR count). The highest BCUT2D eigenvalue weighted by Gasteiger charge is 2.35. The zero-order chi connectivity index (χ0) is 25.5. The number of H-pyrrole nitrogens is 1. The van der Waals surface area contributed by atoms with E-state index in [1.807, 2.05) is 60.0 Å². The van der Waals surface area contributed by atoms with Crippen LogP contribution in [0.25, 0.3) is 22.5 Å². The molecule has 0 spiro atoms. The average molecular weight is 489 g/mol. The third-order valence-corrected chi connectivity index (χ3v) is 6.83. The van der Waals surface area contributed by atoms with Gasteiger partial charge in [-0.1, -0.05) is 75.7 Å². The fraction of sp³-hybridized carbons (Fsp3) is 0.464. The number of unbranched alkanes of at least 4 members (excludes halogenated alkanes) is 1. The zero-order valence-corrected chi connectivity index (χ0v) is 21.5. The van der Waals surface area contributed by atoms with E-state index in [2.05, 4.69) is 39.7 Å². The van der Waals surface area contributed by atoms with Gasteiger partial charge in [-0.15, -0.1) is 10.2 Å².